The van der Waals surface area contributed by atoms with Crippen LogP contribution in [-0.4, -0.2) is 31.0 Å². The summed E-state index contributed by atoms with van der Waals surface area (Å²) in [5.74, 6) is 0.371. The molecule has 0 radical (unpaired) electrons. The maximum atomic E-state index is 12.5. The molecule has 1 atom stereocenters. The van der Waals surface area contributed by atoms with Gasteiger partial charge in [0.25, 0.3) is 6.43 Å². The van der Waals surface area contributed by atoms with Crippen LogP contribution in [0.15, 0.2) is 0 Å². The number of hydrogen-bond donors (Lipinski definition) is 1. The zero-order valence-corrected chi connectivity index (χ0v) is 13.1. The molecular formula is C14H23F2N3S. The van der Waals surface area contributed by atoms with Gasteiger partial charge in [-0.15, -0.1) is 11.3 Å². The van der Waals surface area contributed by atoms with Crippen LogP contribution in [0.4, 0.5) is 13.9 Å². The number of hydrogen-bond acceptors (Lipinski definition) is 4. The Labute approximate surface area is 123 Å². The minimum absolute atomic E-state index is 0.261. The van der Waals surface area contributed by atoms with E-state index in [4.69, 9.17) is 0 Å². The van der Waals surface area contributed by atoms with E-state index in [2.05, 4.69) is 24.1 Å². The highest BCUT2D eigenvalue weighted by atomic mass is 32.1. The van der Waals surface area contributed by atoms with Gasteiger partial charge in [-0.05, 0) is 25.2 Å². The number of nitrogens with zero attached hydrogens (tertiary/aromatic N) is 2. The first-order valence-electron chi connectivity index (χ1n) is 7.23. The Bertz CT molecular complexity index is 432. The molecule has 1 saturated carbocycles. The van der Waals surface area contributed by atoms with Crippen LogP contribution in [-0.2, 0) is 6.54 Å². The molecule has 1 aliphatic carbocycles. The summed E-state index contributed by atoms with van der Waals surface area (Å²) < 4.78 is 25.0. The van der Waals surface area contributed by atoms with Crippen molar-refractivity contribution in [3.63, 3.8) is 0 Å². The average molecular weight is 303 g/mol. The predicted molar refractivity (Wildman–Crippen MR) is 80.0 cm³/mol. The number of nitrogens with one attached hydrogen (secondary N) is 1. The second-order valence-corrected chi connectivity index (χ2v) is 6.60. The van der Waals surface area contributed by atoms with E-state index in [-0.39, 0.29) is 6.54 Å². The SMILES string of the molecule is CCC(C)c1nc(N(C)CC(F)F)sc1CNC1CC1. The number of anilines is 1. The summed E-state index contributed by atoms with van der Waals surface area (Å²) in [6.45, 7) is 4.82. The van der Waals surface area contributed by atoms with E-state index in [0.29, 0.717) is 17.1 Å². The van der Waals surface area contributed by atoms with Gasteiger partial charge >= 0.3 is 0 Å². The van der Waals surface area contributed by atoms with Gasteiger partial charge in [-0.1, -0.05) is 13.8 Å². The smallest absolute Gasteiger partial charge is 0.255 e. The molecule has 1 heterocycles. The molecular weight excluding hydrogens is 280 g/mol. The van der Waals surface area contributed by atoms with Crippen molar-refractivity contribution in [1.29, 1.82) is 0 Å². The van der Waals surface area contributed by atoms with Crippen molar-refractivity contribution in [1.82, 2.24) is 10.3 Å². The standard InChI is InChI=1S/C14H23F2N3S/c1-4-9(2)13-11(7-17-10-5-6-10)20-14(18-13)19(3)8-12(15)16/h9-10,12,17H,4-8H2,1-3H3. The summed E-state index contributed by atoms with van der Waals surface area (Å²) in [5, 5.41) is 4.19. The third kappa shape index (κ3) is 4.12. The molecule has 1 aromatic rings. The lowest BCUT2D eigenvalue weighted by Crippen LogP contribution is -2.23. The Hall–Kier alpha value is -0.750. The number of thiazole rings is 1. The number of rotatable bonds is 8. The molecule has 0 saturated heterocycles. The van der Waals surface area contributed by atoms with Crippen molar-refractivity contribution in [2.24, 2.45) is 0 Å². The van der Waals surface area contributed by atoms with E-state index in [1.54, 1.807) is 23.3 Å². The van der Waals surface area contributed by atoms with Crippen molar-refractivity contribution in [3.8, 4) is 0 Å². The highest BCUT2D eigenvalue weighted by molar-refractivity contribution is 7.15. The molecule has 1 N–H and O–H groups in total. The van der Waals surface area contributed by atoms with Crippen LogP contribution in [0.2, 0.25) is 0 Å². The second-order valence-electron chi connectivity index (χ2n) is 5.54. The van der Waals surface area contributed by atoms with Crippen molar-refractivity contribution >= 4 is 16.5 Å². The zero-order chi connectivity index (χ0) is 14.7. The summed E-state index contributed by atoms with van der Waals surface area (Å²) in [5.41, 5.74) is 1.07. The lowest BCUT2D eigenvalue weighted by atomic mass is 10.0. The summed E-state index contributed by atoms with van der Waals surface area (Å²) >= 11 is 1.54. The van der Waals surface area contributed by atoms with Gasteiger partial charge in [0.1, 0.15) is 0 Å². The molecule has 0 aromatic carbocycles. The second kappa shape index (κ2) is 6.80. The normalized spacial score (nSPS) is 16.7. The van der Waals surface area contributed by atoms with Crippen LogP contribution in [0, 0.1) is 0 Å². The van der Waals surface area contributed by atoms with Crippen LogP contribution in [0.3, 0.4) is 0 Å². The van der Waals surface area contributed by atoms with Gasteiger partial charge in [0.2, 0.25) is 0 Å². The van der Waals surface area contributed by atoms with Crippen LogP contribution in [0.1, 0.15) is 49.6 Å². The highest BCUT2D eigenvalue weighted by Gasteiger charge is 2.23. The van der Waals surface area contributed by atoms with Crippen LogP contribution < -0.4 is 10.2 Å². The van der Waals surface area contributed by atoms with Gasteiger partial charge in [0, 0.05) is 24.5 Å². The van der Waals surface area contributed by atoms with Crippen molar-refractivity contribution < 1.29 is 8.78 Å². The van der Waals surface area contributed by atoms with Crippen LogP contribution >= 0.6 is 11.3 Å². The van der Waals surface area contributed by atoms with Crippen molar-refractivity contribution in [2.45, 2.75) is 58.0 Å². The minimum atomic E-state index is -2.33. The molecule has 114 valence electrons. The summed E-state index contributed by atoms with van der Waals surface area (Å²) in [7, 11) is 1.68. The Morgan fingerprint density at radius 3 is 2.70 bits per heavy atom. The van der Waals surface area contributed by atoms with Crippen molar-refractivity contribution in [3.05, 3.63) is 10.6 Å². The number of alkyl halides is 2. The molecule has 6 heteroatoms. The molecule has 2 rings (SSSR count). The topological polar surface area (TPSA) is 28.2 Å². The third-order valence-electron chi connectivity index (χ3n) is 3.66. The highest BCUT2D eigenvalue weighted by Crippen LogP contribution is 2.32. The van der Waals surface area contributed by atoms with Gasteiger partial charge in [0.15, 0.2) is 5.13 Å². The van der Waals surface area contributed by atoms with E-state index in [1.165, 1.54) is 17.7 Å². The Morgan fingerprint density at radius 2 is 2.15 bits per heavy atom. The summed E-state index contributed by atoms with van der Waals surface area (Å²) in [6, 6.07) is 0.643. The van der Waals surface area contributed by atoms with E-state index in [0.717, 1.165) is 18.7 Å². The fourth-order valence-corrected chi connectivity index (χ4v) is 3.13. The fraction of sp³-hybridized carbons (Fsp3) is 0.786. The van der Waals surface area contributed by atoms with Crippen LogP contribution in [0.25, 0.3) is 0 Å². The van der Waals surface area contributed by atoms with Gasteiger partial charge in [-0.2, -0.15) is 0 Å². The fourth-order valence-electron chi connectivity index (χ4n) is 2.03. The first-order valence-corrected chi connectivity index (χ1v) is 8.05. The average Bonchev–Trinajstić information content (AvgIpc) is 3.13. The summed E-state index contributed by atoms with van der Waals surface area (Å²) in [4.78, 5) is 7.36. The van der Waals surface area contributed by atoms with Gasteiger partial charge < -0.3 is 10.2 Å². The lowest BCUT2D eigenvalue weighted by molar-refractivity contribution is 0.156. The first-order chi connectivity index (χ1) is 9.51. The van der Waals surface area contributed by atoms with E-state index in [1.807, 2.05) is 0 Å². The largest absolute Gasteiger partial charge is 0.345 e. The van der Waals surface area contributed by atoms with E-state index < -0.39 is 6.43 Å². The monoisotopic (exact) mass is 303 g/mol. The van der Waals surface area contributed by atoms with E-state index >= 15 is 0 Å². The maximum absolute atomic E-state index is 12.5. The molecule has 1 aliphatic rings. The lowest BCUT2D eigenvalue weighted by Gasteiger charge is -2.14. The molecule has 1 fully saturated rings. The molecule has 0 amide bonds. The van der Waals surface area contributed by atoms with Crippen LogP contribution in [0.5, 0.6) is 0 Å². The third-order valence-corrected chi connectivity index (χ3v) is 4.85. The Morgan fingerprint density at radius 1 is 1.45 bits per heavy atom. The predicted octanol–water partition coefficient (Wildman–Crippen LogP) is 3.61. The Balaban J connectivity index is 2.11. The van der Waals surface area contributed by atoms with Gasteiger partial charge in [-0.3, -0.25) is 0 Å². The molecule has 1 unspecified atom stereocenters. The first kappa shape index (κ1) is 15.6. The van der Waals surface area contributed by atoms with Gasteiger partial charge in [-0.25, -0.2) is 13.8 Å². The molecule has 1 aromatic heterocycles. The molecule has 3 nitrogen and oxygen atoms in total. The van der Waals surface area contributed by atoms with E-state index in [9.17, 15) is 8.78 Å². The molecule has 0 bridgehead atoms. The molecule has 0 spiro atoms. The number of halogens is 2. The Kier molecular flexibility index (Phi) is 5.32. The molecule has 20 heavy (non-hydrogen) atoms. The maximum Gasteiger partial charge on any atom is 0.255 e. The molecule has 0 aliphatic heterocycles. The number of aromatic nitrogens is 1. The minimum Gasteiger partial charge on any atom is -0.345 e. The van der Waals surface area contributed by atoms with Crippen molar-refractivity contribution in [2.75, 3.05) is 18.5 Å². The zero-order valence-electron chi connectivity index (χ0n) is 12.3. The quantitative estimate of drug-likeness (QED) is 0.795. The summed E-state index contributed by atoms with van der Waals surface area (Å²) in [6.07, 6.45) is 1.17. The van der Waals surface area contributed by atoms with Gasteiger partial charge in [0.05, 0.1) is 12.2 Å².